The zero-order valence-corrected chi connectivity index (χ0v) is 16.3. The fourth-order valence-electron chi connectivity index (χ4n) is 2.97. The summed E-state index contributed by atoms with van der Waals surface area (Å²) < 4.78 is 17.2. The number of hydrogen-bond donors (Lipinski definition) is 0. The standard InChI is InChI=1S/C22H23NO6/c1-2-27-17-10-8-16(9-11-17)19(24)12-13-21(25)28-15-5-14-23-18-6-3-4-7-20(18)29-22(23)26/h3-4,6-11H,2,5,12-15H2,1H3. The largest absolute Gasteiger partial charge is 0.494 e. The maximum absolute atomic E-state index is 12.2. The van der Waals surface area contributed by atoms with E-state index in [1.54, 1.807) is 42.5 Å². The molecule has 0 spiro atoms. The van der Waals surface area contributed by atoms with Gasteiger partial charge < -0.3 is 13.9 Å². The molecule has 7 heteroatoms. The van der Waals surface area contributed by atoms with Crippen LogP contribution in [0.5, 0.6) is 5.75 Å². The van der Waals surface area contributed by atoms with Crippen LogP contribution in [0, 0.1) is 0 Å². The van der Waals surface area contributed by atoms with E-state index in [1.165, 1.54) is 4.57 Å². The average Bonchev–Trinajstić information content (AvgIpc) is 3.05. The summed E-state index contributed by atoms with van der Waals surface area (Å²) in [5.74, 6) is -0.290. The van der Waals surface area contributed by atoms with E-state index in [2.05, 4.69) is 0 Å². The van der Waals surface area contributed by atoms with E-state index < -0.39 is 11.7 Å². The van der Waals surface area contributed by atoms with Crippen molar-refractivity contribution in [2.24, 2.45) is 0 Å². The molecule has 0 radical (unpaired) electrons. The number of fused-ring (bicyclic) bond motifs is 1. The third-order valence-electron chi connectivity index (χ3n) is 4.41. The average molecular weight is 397 g/mol. The maximum atomic E-state index is 12.2. The zero-order valence-electron chi connectivity index (χ0n) is 16.3. The molecule has 2 aromatic carbocycles. The smallest absolute Gasteiger partial charge is 0.419 e. The van der Waals surface area contributed by atoms with Crippen molar-refractivity contribution in [2.75, 3.05) is 13.2 Å². The highest BCUT2D eigenvalue weighted by molar-refractivity contribution is 5.97. The minimum atomic E-state index is -0.436. The Hall–Kier alpha value is -3.35. The van der Waals surface area contributed by atoms with E-state index in [0.29, 0.717) is 42.0 Å². The summed E-state index contributed by atoms with van der Waals surface area (Å²) in [7, 11) is 0. The molecule has 0 saturated carbocycles. The molecule has 0 aliphatic carbocycles. The van der Waals surface area contributed by atoms with Crippen LogP contribution in [-0.4, -0.2) is 29.5 Å². The highest BCUT2D eigenvalue weighted by Crippen LogP contribution is 2.14. The highest BCUT2D eigenvalue weighted by atomic mass is 16.5. The molecule has 0 N–H and O–H groups in total. The van der Waals surface area contributed by atoms with E-state index in [1.807, 2.05) is 13.0 Å². The molecule has 3 rings (SSSR count). The molecule has 0 aliphatic rings. The van der Waals surface area contributed by atoms with Gasteiger partial charge in [0.05, 0.1) is 25.2 Å². The summed E-state index contributed by atoms with van der Waals surface area (Å²) >= 11 is 0. The van der Waals surface area contributed by atoms with Gasteiger partial charge in [-0.3, -0.25) is 14.2 Å². The normalized spacial score (nSPS) is 10.8. The zero-order chi connectivity index (χ0) is 20.6. The van der Waals surface area contributed by atoms with Crippen LogP contribution in [0.15, 0.2) is 57.7 Å². The molecule has 1 heterocycles. The lowest BCUT2D eigenvalue weighted by Crippen LogP contribution is -2.16. The molecule has 152 valence electrons. The Kier molecular flexibility index (Phi) is 6.84. The first-order valence-corrected chi connectivity index (χ1v) is 9.58. The molecule has 0 aliphatic heterocycles. The van der Waals surface area contributed by atoms with Gasteiger partial charge in [-0.1, -0.05) is 12.1 Å². The van der Waals surface area contributed by atoms with Gasteiger partial charge in [0.2, 0.25) is 0 Å². The Bertz CT molecular complexity index is 1030. The number of carbonyl (C=O) groups excluding carboxylic acids is 2. The van der Waals surface area contributed by atoms with E-state index in [-0.39, 0.29) is 25.2 Å². The molecule has 29 heavy (non-hydrogen) atoms. The van der Waals surface area contributed by atoms with E-state index in [4.69, 9.17) is 13.9 Å². The van der Waals surface area contributed by atoms with Crippen LogP contribution in [0.3, 0.4) is 0 Å². The molecule has 1 aromatic heterocycles. The number of Topliss-reactive ketones (excluding diaryl/α,β-unsaturated/α-hetero) is 1. The lowest BCUT2D eigenvalue weighted by molar-refractivity contribution is -0.143. The van der Waals surface area contributed by atoms with Gasteiger partial charge >= 0.3 is 11.7 Å². The summed E-state index contributed by atoms with van der Waals surface area (Å²) in [6, 6.07) is 14.0. The Labute approximate surface area is 167 Å². The number of para-hydroxylation sites is 2. The molecule has 0 atom stereocenters. The van der Waals surface area contributed by atoms with Gasteiger partial charge in [0.25, 0.3) is 0 Å². The van der Waals surface area contributed by atoms with Crippen molar-refractivity contribution >= 4 is 22.9 Å². The number of nitrogens with zero attached hydrogens (tertiary/aromatic N) is 1. The van der Waals surface area contributed by atoms with Gasteiger partial charge in [-0.25, -0.2) is 4.79 Å². The van der Waals surface area contributed by atoms with Gasteiger partial charge in [-0.15, -0.1) is 0 Å². The first-order chi connectivity index (χ1) is 14.1. The Morgan fingerprint density at radius 3 is 2.55 bits per heavy atom. The van der Waals surface area contributed by atoms with Gasteiger partial charge in [0.15, 0.2) is 11.4 Å². The summed E-state index contributed by atoms with van der Waals surface area (Å²) in [6.07, 6.45) is 0.571. The SMILES string of the molecule is CCOc1ccc(C(=O)CCC(=O)OCCCn2c(=O)oc3ccccc32)cc1. The van der Waals surface area contributed by atoms with Crippen LogP contribution >= 0.6 is 0 Å². The van der Waals surface area contributed by atoms with Crippen molar-refractivity contribution in [3.63, 3.8) is 0 Å². The van der Waals surface area contributed by atoms with Crippen LogP contribution < -0.4 is 10.5 Å². The van der Waals surface area contributed by atoms with E-state index >= 15 is 0 Å². The van der Waals surface area contributed by atoms with Crippen LogP contribution in [0.25, 0.3) is 11.1 Å². The summed E-state index contributed by atoms with van der Waals surface area (Å²) in [4.78, 5) is 35.9. The third kappa shape index (κ3) is 5.34. The number of aromatic nitrogens is 1. The monoisotopic (exact) mass is 397 g/mol. The van der Waals surface area contributed by atoms with Gasteiger partial charge in [0, 0.05) is 18.5 Å². The first kappa shape index (κ1) is 20.4. The topological polar surface area (TPSA) is 87.7 Å². The molecule has 0 bridgehead atoms. The van der Waals surface area contributed by atoms with Crippen molar-refractivity contribution in [1.29, 1.82) is 0 Å². The molecule has 0 saturated heterocycles. The molecule has 0 unspecified atom stereocenters. The van der Waals surface area contributed by atoms with Crippen molar-refractivity contribution < 1.29 is 23.5 Å². The van der Waals surface area contributed by atoms with Crippen molar-refractivity contribution in [2.45, 2.75) is 32.7 Å². The number of ether oxygens (including phenoxy) is 2. The quantitative estimate of drug-likeness (QED) is 0.295. The van der Waals surface area contributed by atoms with Crippen molar-refractivity contribution in [1.82, 2.24) is 4.57 Å². The number of rotatable bonds is 10. The lowest BCUT2D eigenvalue weighted by Gasteiger charge is -2.06. The highest BCUT2D eigenvalue weighted by Gasteiger charge is 2.11. The van der Waals surface area contributed by atoms with E-state index in [0.717, 1.165) is 0 Å². The first-order valence-electron chi connectivity index (χ1n) is 9.58. The van der Waals surface area contributed by atoms with Crippen LogP contribution in [0.4, 0.5) is 0 Å². The Balaban J connectivity index is 1.40. The number of aryl methyl sites for hydroxylation is 1. The molecule has 7 nitrogen and oxygen atoms in total. The third-order valence-corrected chi connectivity index (χ3v) is 4.41. The van der Waals surface area contributed by atoms with Crippen LogP contribution in [-0.2, 0) is 16.1 Å². The number of hydrogen-bond acceptors (Lipinski definition) is 6. The van der Waals surface area contributed by atoms with E-state index in [9.17, 15) is 14.4 Å². The number of esters is 1. The molecule has 0 fully saturated rings. The number of carbonyl (C=O) groups is 2. The predicted octanol–water partition coefficient (Wildman–Crippen LogP) is 3.59. The second-order valence-electron chi connectivity index (χ2n) is 6.44. The summed E-state index contributed by atoms with van der Waals surface area (Å²) in [5, 5.41) is 0. The number of ketones is 1. The lowest BCUT2D eigenvalue weighted by atomic mass is 10.1. The second-order valence-corrected chi connectivity index (χ2v) is 6.44. The van der Waals surface area contributed by atoms with Crippen molar-refractivity contribution in [3.8, 4) is 5.75 Å². The fraction of sp³-hybridized carbons (Fsp3) is 0.318. The van der Waals surface area contributed by atoms with Gasteiger partial charge in [-0.2, -0.15) is 0 Å². The number of oxazole rings is 1. The molecule has 3 aromatic rings. The minimum absolute atomic E-state index is 0.0145. The van der Waals surface area contributed by atoms with Gasteiger partial charge in [0.1, 0.15) is 5.75 Å². The maximum Gasteiger partial charge on any atom is 0.419 e. The Morgan fingerprint density at radius 2 is 1.79 bits per heavy atom. The molecular weight excluding hydrogens is 374 g/mol. The fourth-order valence-corrected chi connectivity index (χ4v) is 2.97. The molecular formula is C22H23NO6. The summed E-state index contributed by atoms with van der Waals surface area (Å²) in [6.45, 7) is 3.00. The Morgan fingerprint density at radius 1 is 1.03 bits per heavy atom. The van der Waals surface area contributed by atoms with Gasteiger partial charge in [-0.05, 0) is 49.7 Å². The predicted molar refractivity (Wildman–Crippen MR) is 107 cm³/mol. The summed E-state index contributed by atoms with van der Waals surface area (Å²) in [5.41, 5.74) is 1.78. The van der Waals surface area contributed by atoms with Crippen LogP contribution in [0.1, 0.15) is 36.5 Å². The minimum Gasteiger partial charge on any atom is -0.494 e. The molecule has 0 amide bonds. The van der Waals surface area contributed by atoms with Crippen molar-refractivity contribution in [3.05, 3.63) is 64.6 Å². The second kappa shape index (κ2) is 9.73. The number of benzene rings is 2. The van der Waals surface area contributed by atoms with Crippen LogP contribution in [0.2, 0.25) is 0 Å².